The lowest BCUT2D eigenvalue weighted by Crippen LogP contribution is -2.45. The number of ketones is 1. The lowest BCUT2D eigenvalue weighted by Gasteiger charge is -2.37. The number of piperazine rings is 1. The van der Waals surface area contributed by atoms with Gasteiger partial charge < -0.3 is 45.5 Å². The van der Waals surface area contributed by atoms with E-state index in [0.717, 1.165) is 18.0 Å². The number of benzene rings is 2. The number of nitrogens with one attached hydrogen (secondary N) is 3. The minimum Gasteiger partial charge on any atom is -0.487 e. The van der Waals surface area contributed by atoms with Crippen molar-refractivity contribution in [2.24, 2.45) is 17.6 Å². The van der Waals surface area contributed by atoms with E-state index in [-0.39, 0.29) is 97.7 Å². The molecule has 5 N–H and O–H groups in total. The molecule has 0 aliphatic carbocycles. The SMILES string of the molecule is CC(C)C(NC(=O)CCCCCN1C(=O)C=CC1=O)C(=O)C[C@@H](CCCNC(N)=O)C(=O)Nc1ccc(COC(=O)c2cn3c4c(c(N5CCN(C)CC5)c(F)cc4c2=O)OCC3C)cc1. The predicted octanol–water partition coefficient (Wildman–Crippen LogP) is 3.79. The van der Waals surface area contributed by atoms with Gasteiger partial charge in [0, 0.05) is 82.1 Å². The average molecular weight is 915 g/mol. The molecular weight excluding hydrogens is 856 g/mol. The Balaban J connectivity index is 1.06. The molecule has 19 heteroatoms. The molecule has 1 fully saturated rings. The second-order valence-corrected chi connectivity index (χ2v) is 17.5. The molecule has 0 spiro atoms. The van der Waals surface area contributed by atoms with E-state index in [2.05, 4.69) is 20.9 Å². The number of nitrogens with zero attached hydrogens (tertiary/aromatic N) is 4. The first-order chi connectivity index (χ1) is 31.5. The number of amides is 6. The number of esters is 1. The van der Waals surface area contributed by atoms with Crippen molar-refractivity contribution in [2.75, 3.05) is 63.1 Å². The van der Waals surface area contributed by atoms with Gasteiger partial charge in [0.15, 0.2) is 17.3 Å². The van der Waals surface area contributed by atoms with Crippen LogP contribution in [0.2, 0.25) is 0 Å². The van der Waals surface area contributed by atoms with Crippen LogP contribution >= 0.6 is 0 Å². The van der Waals surface area contributed by atoms with E-state index in [1.807, 2.05) is 18.9 Å². The number of urea groups is 1. The van der Waals surface area contributed by atoms with Crippen molar-refractivity contribution in [3.8, 4) is 5.75 Å². The van der Waals surface area contributed by atoms with Gasteiger partial charge in [0.05, 0.1) is 23.0 Å². The number of imide groups is 1. The highest BCUT2D eigenvalue weighted by atomic mass is 19.1. The Morgan fingerprint density at radius 2 is 1.65 bits per heavy atom. The van der Waals surface area contributed by atoms with Crippen molar-refractivity contribution in [1.82, 2.24) is 25.0 Å². The molecule has 66 heavy (non-hydrogen) atoms. The van der Waals surface area contributed by atoms with Gasteiger partial charge >= 0.3 is 12.0 Å². The first kappa shape index (κ1) is 48.8. The third-order valence-electron chi connectivity index (χ3n) is 12.1. The molecule has 18 nitrogen and oxygen atoms in total. The molecular formula is C47H59FN8O10. The van der Waals surface area contributed by atoms with Crippen molar-refractivity contribution < 1.29 is 47.4 Å². The van der Waals surface area contributed by atoms with Crippen LogP contribution < -0.4 is 36.7 Å². The number of carbonyl (C=O) groups excluding carboxylic acids is 7. The first-order valence-electron chi connectivity index (χ1n) is 22.5. The number of halogens is 1. The maximum absolute atomic E-state index is 15.8. The minimum atomic E-state index is -0.885. The Morgan fingerprint density at radius 3 is 2.32 bits per heavy atom. The van der Waals surface area contributed by atoms with Gasteiger partial charge in [-0.2, -0.15) is 0 Å². The summed E-state index contributed by atoms with van der Waals surface area (Å²) < 4.78 is 29.2. The molecule has 0 radical (unpaired) electrons. The van der Waals surface area contributed by atoms with Gasteiger partial charge in [-0.3, -0.25) is 33.7 Å². The molecule has 2 unspecified atom stereocenters. The van der Waals surface area contributed by atoms with E-state index >= 15 is 4.39 Å². The van der Waals surface area contributed by atoms with Crippen LogP contribution in [0.1, 0.15) is 87.7 Å². The number of Topliss-reactive ketones (excluding diaryl/α,β-unsaturated/α-hetero) is 1. The predicted molar refractivity (Wildman–Crippen MR) is 243 cm³/mol. The van der Waals surface area contributed by atoms with Gasteiger partial charge in [0.25, 0.3) is 11.8 Å². The highest BCUT2D eigenvalue weighted by molar-refractivity contribution is 6.12. The lowest BCUT2D eigenvalue weighted by molar-refractivity contribution is -0.137. The highest BCUT2D eigenvalue weighted by Gasteiger charge is 2.33. The van der Waals surface area contributed by atoms with Crippen LogP contribution in [0.4, 0.5) is 20.6 Å². The summed E-state index contributed by atoms with van der Waals surface area (Å²) in [5.74, 6) is -4.17. The summed E-state index contributed by atoms with van der Waals surface area (Å²) in [4.78, 5) is 108. The van der Waals surface area contributed by atoms with Crippen molar-refractivity contribution in [1.29, 1.82) is 0 Å². The van der Waals surface area contributed by atoms with Crippen LogP contribution in [-0.4, -0.2) is 115 Å². The molecule has 3 aromatic rings. The second-order valence-electron chi connectivity index (χ2n) is 17.5. The number of aromatic nitrogens is 1. The molecule has 0 saturated carbocycles. The Morgan fingerprint density at radius 1 is 0.955 bits per heavy atom. The van der Waals surface area contributed by atoms with E-state index in [1.54, 1.807) is 42.7 Å². The Kier molecular flexibility index (Phi) is 16.3. The van der Waals surface area contributed by atoms with Crippen LogP contribution in [0, 0.1) is 17.7 Å². The fourth-order valence-electron chi connectivity index (χ4n) is 8.34. The fourth-order valence-corrected chi connectivity index (χ4v) is 8.34. The summed E-state index contributed by atoms with van der Waals surface area (Å²) in [6, 6.07) is 5.78. The van der Waals surface area contributed by atoms with Gasteiger partial charge in [0.2, 0.25) is 17.2 Å². The quantitative estimate of drug-likeness (QED) is 0.0680. The number of primary amides is 1. The molecule has 2 aromatic carbocycles. The Hall–Kier alpha value is -6.63. The molecule has 1 aromatic heterocycles. The topological polar surface area (TPSA) is 232 Å². The number of nitrogens with two attached hydrogens (primary N) is 1. The summed E-state index contributed by atoms with van der Waals surface area (Å²) in [5, 5.41) is 8.15. The van der Waals surface area contributed by atoms with E-state index in [0.29, 0.717) is 61.2 Å². The van der Waals surface area contributed by atoms with Gasteiger partial charge in [-0.1, -0.05) is 32.4 Å². The van der Waals surface area contributed by atoms with Gasteiger partial charge in [0.1, 0.15) is 24.5 Å². The molecule has 3 aliphatic rings. The van der Waals surface area contributed by atoms with Crippen molar-refractivity contribution >= 4 is 63.7 Å². The smallest absolute Gasteiger partial charge is 0.343 e. The number of pyridine rings is 1. The normalized spacial score (nSPS) is 16.8. The van der Waals surface area contributed by atoms with E-state index in [1.165, 1.54) is 24.4 Å². The summed E-state index contributed by atoms with van der Waals surface area (Å²) in [7, 11) is 2.00. The van der Waals surface area contributed by atoms with E-state index in [9.17, 15) is 38.4 Å². The van der Waals surface area contributed by atoms with Crippen molar-refractivity contribution in [2.45, 2.75) is 84.4 Å². The minimum absolute atomic E-state index is 0.0183. The van der Waals surface area contributed by atoms with E-state index < -0.39 is 41.1 Å². The van der Waals surface area contributed by atoms with Crippen LogP contribution in [0.25, 0.3) is 10.9 Å². The van der Waals surface area contributed by atoms with Crippen LogP contribution in [0.3, 0.4) is 0 Å². The van der Waals surface area contributed by atoms with Crippen LogP contribution in [0.5, 0.6) is 5.75 Å². The summed E-state index contributed by atoms with van der Waals surface area (Å²) in [6.45, 7) is 8.56. The molecule has 0 bridgehead atoms. The van der Waals surface area contributed by atoms with Crippen molar-refractivity contribution in [3.63, 3.8) is 0 Å². The molecule has 1 saturated heterocycles. The van der Waals surface area contributed by atoms with Gasteiger partial charge in [-0.25, -0.2) is 14.0 Å². The van der Waals surface area contributed by atoms with Crippen LogP contribution in [0.15, 0.2) is 53.5 Å². The highest BCUT2D eigenvalue weighted by Crippen LogP contribution is 2.42. The number of likely N-dealkylation sites (N-methyl/N-ethyl adjacent to an activating group) is 1. The Labute approximate surface area is 382 Å². The fraction of sp³-hybridized carbons (Fsp3) is 0.489. The zero-order valence-corrected chi connectivity index (χ0v) is 37.9. The number of anilines is 2. The zero-order valence-electron chi connectivity index (χ0n) is 37.9. The monoisotopic (exact) mass is 914 g/mol. The molecule has 3 atom stereocenters. The number of hydrogen-bond donors (Lipinski definition) is 4. The molecule has 6 amide bonds. The van der Waals surface area contributed by atoms with Crippen LogP contribution in [-0.2, 0) is 35.3 Å². The standard InChI is InChI=1S/C47H59FN8O10/c1-28(2)40(52-37(58)10-6-5-7-18-55-38(59)15-16-39(55)60)36(57)23-31(9-8-17-50-47(49)64)45(62)51-32-13-11-30(12-14-32)27-66-46(63)34-25-56-29(3)26-65-44-41(56)33(43(34)61)24-35(48)42(44)54-21-19-53(4)20-22-54/h11-16,24-25,28-29,31,40H,5-10,17-23,26-27H2,1-4H3,(H,51,62)(H,52,58)(H3,49,50,64)/t29?,31-,40?/m1/s1. The van der Waals surface area contributed by atoms with Gasteiger partial charge in [-0.05, 0) is 69.3 Å². The van der Waals surface area contributed by atoms with Gasteiger partial charge in [-0.15, -0.1) is 0 Å². The lowest BCUT2D eigenvalue weighted by atomic mass is 9.89. The molecule has 6 rings (SSSR count). The third-order valence-corrected chi connectivity index (χ3v) is 12.1. The average Bonchev–Trinajstić information content (AvgIpc) is 3.60. The number of ether oxygens (including phenoxy) is 2. The Bertz CT molecular complexity index is 2410. The van der Waals surface area contributed by atoms with E-state index in [4.69, 9.17) is 15.2 Å². The zero-order chi connectivity index (χ0) is 47.7. The maximum Gasteiger partial charge on any atom is 0.343 e. The molecule has 4 heterocycles. The molecule has 354 valence electrons. The summed E-state index contributed by atoms with van der Waals surface area (Å²) in [5.41, 5.74) is 5.96. The molecule has 3 aliphatic heterocycles. The summed E-state index contributed by atoms with van der Waals surface area (Å²) >= 11 is 0. The van der Waals surface area contributed by atoms with Crippen molar-refractivity contribution in [3.05, 3.63) is 75.8 Å². The number of hydrogen-bond acceptors (Lipinski definition) is 12. The second kappa shape index (κ2) is 22.0. The third kappa shape index (κ3) is 12.0. The number of rotatable bonds is 21. The number of carbonyl (C=O) groups is 7. The first-order valence-corrected chi connectivity index (χ1v) is 22.5. The summed E-state index contributed by atoms with van der Waals surface area (Å²) in [6.07, 6.45) is 5.99. The number of unbranched alkanes of at least 4 members (excludes halogenated alkanes) is 2. The largest absolute Gasteiger partial charge is 0.487 e. The maximum atomic E-state index is 15.8.